The van der Waals surface area contributed by atoms with Crippen LogP contribution in [0.4, 0.5) is 0 Å². The summed E-state index contributed by atoms with van der Waals surface area (Å²) < 4.78 is 32.3. The zero-order valence-corrected chi connectivity index (χ0v) is 15.4. The van der Waals surface area contributed by atoms with E-state index in [0.717, 1.165) is 25.7 Å². The average Bonchev–Trinajstić information content (AvgIpc) is 3.00. The van der Waals surface area contributed by atoms with Gasteiger partial charge in [0.25, 0.3) is 5.91 Å². The van der Waals surface area contributed by atoms with Crippen molar-refractivity contribution >= 4 is 31.9 Å². The molecule has 0 unspecified atom stereocenters. The molecular formula is C15H21BrN2O4S. The Kier molecular flexibility index (Phi) is 6.58. The van der Waals surface area contributed by atoms with E-state index in [4.69, 9.17) is 4.74 Å². The molecular weight excluding hydrogens is 384 g/mol. The number of ether oxygens (including phenoxy) is 1. The average molecular weight is 405 g/mol. The van der Waals surface area contributed by atoms with Crippen molar-refractivity contribution in [3.8, 4) is 0 Å². The molecule has 0 aliphatic heterocycles. The van der Waals surface area contributed by atoms with Crippen molar-refractivity contribution in [3.05, 3.63) is 28.2 Å². The molecule has 0 spiro atoms. The molecule has 1 saturated carbocycles. The highest BCUT2D eigenvalue weighted by Crippen LogP contribution is 2.23. The molecule has 6 nitrogen and oxygen atoms in total. The van der Waals surface area contributed by atoms with Crippen LogP contribution >= 0.6 is 15.9 Å². The van der Waals surface area contributed by atoms with Gasteiger partial charge in [0.15, 0.2) is 0 Å². The molecule has 0 aromatic heterocycles. The van der Waals surface area contributed by atoms with Gasteiger partial charge in [-0.25, -0.2) is 13.1 Å². The van der Waals surface area contributed by atoms with E-state index in [2.05, 4.69) is 26.0 Å². The van der Waals surface area contributed by atoms with Crippen LogP contribution in [0.2, 0.25) is 0 Å². The highest BCUT2D eigenvalue weighted by Gasteiger charge is 2.21. The highest BCUT2D eigenvalue weighted by atomic mass is 79.9. The number of methoxy groups -OCH3 is 1. The molecule has 1 aromatic carbocycles. The van der Waals surface area contributed by atoms with E-state index in [-0.39, 0.29) is 30.0 Å². The van der Waals surface area contributed by atoms with E-state index < -0.39 is 10.0 Å². The van der Waals surface area contributed by atoms with Gasteiger partial charge < -0.3 is 10.1 Å². The number of benzene rings is 1. The van der Waals surface area contributed by atoms with E-state index in [1.165, 1.54) is 19.2 Å². The minimum absolute atomic E-state index is 0.0633. The van der Waals surface area contributed by atoms with Gasteiger partial charge in [0.1, 0.15) is 0 Å². The molecule has 0 radical (unpaired) electrons. The van der Waals surface area contributed by atoms with Crippen LogP contribution in [0.1, 0.15) is 36.0 Å². The van der Waals surface area contributed by atoms with Crippen molar-refractivity contribution < 1.29 is 17.9 Å². The van der Waals surface area contributed by atoms with Gasteiger partial charge in [-0.2, -0.15) is 0 Å². The van der Waals surface area contributed by atoms with Gasteiger partial charge in [-0.15, -0.1) is 0 Å². The van der Waals surface area contributed by atoms with Crippen LogP contribution in [0.25, 0.3) is 0 Å². The normalized spacial score (nSPS) is 15.7. The molecule has 0 bridgehead atoms. The van der Waals surface area contributed by atoms with Crippen LogP contribution in [-0.4, -0.2) is 40.6 Å². The first-order valence-electron chi connectivity index (χ1n) is 7.53. The Bertz CT molecular complexity index is 657. The van der Waals surface area contributed by atoms with E-state index in [1.54, 1.807) is 6.07 Å². The summed E-state index contributed by atoms with van der Waals surface area (Å²) in [6.45, 7) is 0.462. The standard InChI is InChI=1S/C15H21BrN2O4S/c1-22-9-8-17-23(20,21)12-6-7-14(16)13(10-12)15(19)18-11-4-2-3-5-11/h6-7,10-11,17H,2-5,8-9H2,1H3,(H,18,19). The predicted octanol–water partition coefficient (Wildman–Crippen LogP) is 2.05. The van der Waals surface area contributed by atoms with Crippen molar-refractivity contribution in [1.82, 2.24) is 10.0 Å². The third kappa shape index (κ3) is 5.00. The SMILES string of the molecule is COCCNS(=O)(=O)c1ccc(Br)c(C(=O)NC2CCCC2)c1. The molecule has 1 fully saturated rings. The van der Waals surface area contributed by atoms with E-state index in [1.807, 2.05) is 0 Å². The number of carbonyl (C=O) groups is 1. The number of sulfonamides is 1. The van der Waals surface area contributed by atoms with Crippen molar-refractivity contribution in [3.63, 3.8) is 0 Å². The largest absolute Gasteiger partial charge is 0.383 e. The first-order chi connectivity index (χ1) is 10.9. The summed E-state index contributed by atoms with van der Waals surface area (Å²) in [5.74, 6) is -0.252. The molecule has 0 saturated heterocycles. The monoisotopic (exact) mass is 404 g/mol. The van der Waals surface area contributed by atoms with E-state index in [9.17, 15) is 13.2 Å². The third-order valence-electron chi connectivity index (χ3n) is 3.78. The van der Waals surface area contributed by atoms with Crippen LogP contribution in [0.15, 0.2) is 27.6 Å². The Hall–Kier alpha value is -0.960. The second-order valence-corrected chi connectivity index (χ2v) is 8.11. The Morgan fingerprint density at radius 2 is 2.04 bits per heavy atom. The van der Waals surface area contributed by atoms with Gasteiger partial charge in [0, 0.05) is 24.2 Å². The van der Waals surface area contributed by atoms with Gasteiger partial charge in [0.2, 0.25) is 10.0 Å². The number of rotatable bonds is 7. The van der Waals surface area contributed by atoms with Gasteiger partial charge in [0.05, 0.1) is 17.1 Å². The minimum atomic E-state index is -3.66. The van der Waals surface area contributed by atoms with Crippen LogP contribution in [0.5, 0.6) is 0 Å². The number of nitrogens with one attached hydrogen (secondary N) is 2. The topological polar surface area (TPSA) is 84.5 Å². The summed E-state index contributed by atoms with van der Waals surface area (Å²) in [4.78, 5) is 12.4. The van der Waals surface area contributed by atoms with Gasteiger partial charge in [-0.1, -0.05) is 12.8 Å². The van der Waals surface area contributed by atoms with Crippen LogP contribution in [0, 0.1) is 0 Å². The molecule has 0 heterocycles. The lowest BCUT2D eigenvalue weighted by Crippen LogP contribution is -2.33. The molecule has 2 N–H and O–H groups in total. The summed E-state index contributed by atoms with van der Waals surface area (Å²) >= 11 is 3.31. The van der Waals surface area contributed by atoms with Crippen molar-refractivity contribution in [2.45, 2.75) is 36.6 Å². The Labute approximate surface area is 145 Å². The molecule has 0 atom stereocenters. The van der Waals surface area contributed by atoms with Crippen molar-refractivity contribution in [2.75, 3.05) is 20.3 Å². The fourth-order valence-corrected chi connectivity index (χ4v) is 4.01. The second-order valence-electron chi connectivity index (χ2n) is 5.49. The smallest absolute Gasteiger partial charge is 0.252 e. The first kappa shape index (κ1) is 18.4. The number of amides is 1. The van der Waals surface area contributed by atoms with E-state index in [0.29, 0.717) is 10.0 Å². The molecule has 1 aromatic rings. The summed E-state index contributed by atoms with van der Waals surface area (Å²) in [7, 11) is -2.16. The van der Waals surface area contributed by atoms with Gasteiger partial charge in [-0.05, 0) is 47.0 Å². The molecule has 1 amide bonds. The molecule has 2 rings (SSSR count). The lowest BCUT2D eigenvalue weighted by Gasteiger charge is -2.14. The van der Waals surface area contributed by atoms with Gasteiger partial charge in [-0.3, -0.25) is 4.79 Å². The summed E-state index contributed by atoms with van der Waals surface area (Å²) in [6, 6.07) is 4.61. The second kappa shape index (κ2) is 8.23. The fraction of sp³-hybridized carbons (Fsp3) is 0.533. The zero-order valence-electron chi connectivity index (χ0n) is 13.0. The Morgan fingerprint density at radius 1 is 1.35 bits per heavy atom. The Balaban J connectivity index is 2.15. The van der Waals surface area contributed by atoms with Crippen molar-refractivity contribution in [2.24, 2.45) is 0 Å². The summed E-state index contributed by atoms with van der Waals surface area (Å²) in [5.41, 5.74) is 0.325. The molecule has 128 valence electrons. The maximum absolute atomic E-state index is 12.4. The van der Waals surface area contributed by atoms with Crippen LogP contribution < -0.4 is 10.0 Å². The lowest BCUT2D eigenvalue weighted by molar-refractivity contribution is 0.0937. The molecule has 8 heteroatoms. The molecule has 1 aliphatic carbocycles. The maximum Gasteiger partial charge on any atom is 0.252 e. The Morgan fingerprint density at radius 3 is 2.70 bits per heavy atom. The zero-order chi connectivity index (χ0) is 16.9. The van der Waals surface area contributed by atoms with E-state index >= 15 is 0 Å². The predicted molar refractivity (Wildman–Crippen MR) is 90.9 cm³/mol. The highest BCUT2D eigenvalue weighted by molar-refractivity contribution is 9.10. The molecule has 1 aliphatic rings. The minimum Gasteiger partial charge on any atom is -0.383 e. The number of hydrogen-bond donors (Lipinski definition) is 2. The van der Waals surface area contributed by atoms with Crippen molar-refractivity contribution in [1.29, 1.82) is 0 Å². The molecule has 23 heavy (non-hydrogen) atoms. The number of halogens is 1. The number of carbonyl (C=O) groups excluding carboxylic acids is 1. The quantitative estimate of drug-likeness (QED) is 0.680. The fourth-order valence-electron chi connectivity index (χ4n) is 2.54. The number of hydrogen-bond acceptors (Lipinski definition) is 4. The first-order valence-corrected chi connectivity index (χ1v) is 9.80. The van der Waals surface area contributed by atoms with Gasteiger partial charge >= 0.3 is 0 Å². The summed E-state index contributed by atoms with van der Waals surface area (Å²) in [6.07, 6.45) is 4.17. The summed E-state index contributed by atoms with van der Waals surface area (Å²) in [5, 5.41) is 2.96. The lowest BCUT2D eigenvalue weighted by atomic mass is 10.2. The third-order valence-corrected chi connectivity index (χ3v) is 5.93. The maximum atomic E-state index is 12.4. The van der Waals surface area contributed by atoms with Crippen LogP contribution in [-0.2, 0) is 14.8 Å². The van der Waals surface area contributed by atoms with Crippen LogP contribution in [0.3, 0.4) is 0 Å².